The fraction of sp³-hybridized carbons (Fsp3) is 0.583. The lowest BCUT2D eigenvalue weighted by molar-refractivity contribution is -0.126. The van der Waals surface area contributed by atoms with Gasteiger partial charge in [-0.15, -0.1) is 36.2 Å². The lowest BCUT2D eigenvalue weighted by atomic mass is 10.1. The van der Waals surface area contributed by atoms with Gasteiger partial charge in [-0.05, 0) is 27.7 Å². The Labute approximate surface area is 141 Å². The molecule has 1 aromatic heterocycles. The van der Waals surface area contributed by atoms with E-state index in [-0.39, 0.29) is 49.7 Å². The largest absolute Gasteiger partial charge is 0.346 e. The Morgan fingerprint density at radius 1 is 1.24 bits per heavy atom. The van der Waals surface area contributed by atoms with E-state index in [4.69, 9.17) is 5.73 Å². The number of amides is 2. The first-order valence-electron chi connectivity index (χ1n) is 5.98. The van der Waals surface area contributed by atoms with Crippen LogP contribution in [0.1, 0.15) is 29.4 Å². The summed E-state index contributed by atoms with van der Waals surface area (Å²) in [5.41, 5.74) is 5.55. The van der Waals surface area contributed by atoms with Crippen LogP contribution in [0, 0.1) is 13.8 Å². The molecule has 0 aliphatic rings. The third kappa shape index (κ3) is 6.60. The van der Waals surface area contributed by atoms with E-state index in [1.807, 2.05) is 27.7 Å². The molecule has 1 aromatic rings. The van der Waals surface area contributed by atoms with Crippen LogP contribution < -0.4 is 16.4 Å². The molecule has 0 atom stereocenters. The van der Waals surface area contributed by atoms with Crippen molar-refractivity contribution in [2.45, 2.75) is 33.2 Å². The van der Waals surface area contributed by atoms with Gasteiger partial charge in [0.1, 0.15) is 5.01 Å². The average Bonchev–Trinajstić information content (AvgIpc) is 2.67. The molecule has 2 amide bonds. The second-order valence-corrected chi connectivity index (χ2v) is 6.02. The lowest BCUT2D eigenvalue weighted by Crippen LogP contribution is -2.46. The van der Waals surface area contributed by atoms with Gasteiger partial charge in [0, 0.05) is 4.88 Å². The second kappa shape index (κ2) is 9.19. The van der Waals surface area contributed by atoms with Crippen LogP contribution >= 0.6 is 36.2 Å². The summed E-state index contributed by atoms with van der Waals surface area (Å²) in [6.45, 7) is 7.50. The van der Waals surface area contributed by atoms with Crippen LogP contribution in [0.5, 0.6) is 0 Å². The molecule has 0 aromatic carbocycles. The summed E-state index contributed by atoms with van der Waals surface area (Å²) in [6.07, 6.45) is 0. The minimum absolute atomic E-state index is 0. The number of thiazole rings is 1. The molecule has 6 nitrogen and oxygen atoms in total. The monoisotopic (exact) mass is 356 g/mol. The van der Waals surface area contributed by atoms with Crippen LogP contribution in [-0.2, 0) is 15.1 Å². The van der Waals surface area contributed by atoms with E-state index in [1.54, 1.807) is 11.3 Å². The van der Waals surface area contributed by atoms with Crippen molar-refractivity contribution in [3.05, 3.63) is 15.6 Å². The molecular weight excluding hydrogens is 335 g/mol. The molecule has 0 bridgehead atoms. The van der Waals surface area contributed by atoms with Crippen molar-refractivity contribution in [2.24, 2.45) is 5.73 Å². The molecule has 0 aliphatic heterocycles. The smallest absolute Gasteiger partial charge is 0.240 e. The second-order valence-electron chi connectivity index (χ2n) is 4.81. The number of halogens is 2. The molecule has 0 aliphatic carbocycles. The van der Waals surface area contributed by atoms with Crippen molar-refractivity contribution in [2.75, 3.05) is 13.1 Å². The molecule has 1 rings (SSSR count). The van der Waals surface area contributed by atoms with Crippen molar-refractivity contribution >= 4 is 48.0 Å². The molecule has 9 heteroatoms. The van der Waals surface area contributed by atoms with Gasteiger partial charge in [-0.1, -0.05) is 0 Å². The molecule has 21 heavy (non-hydrogen) atoms. The molecule has 1 heterocycles. The number of nitrogens with two attached hydrogens (primary N) is 1. The predicted molar refractivity (Wildman–Crippen MR) is 89.3 cm³/mol. The number of nitrogens with zero attached hydrogens (tertiary/aromatic N) is 1. The Morgan fingerprint density at radius 3 is 2.24 bits per heavy atom. The molecule has 0 fully saturated rings. The average molecular weight is 357 g/mol. The fourth-order valence-electron chi connectivity index (χ4n) is 1.44. The molecule has 0 unspecified atom stereocenters. The molecule has 122 valence electrons. The zero-order chi connectivity index (χ0) is 14.6. The van der Waals surface area contributed by atoms with Crippen LogP contribution in [0.4, 0.5) is 0 Å². The maximum absolute atomic E-state index is 11.8. The summed E-state index contributed by atoms with van der Waals surface area (Å²) in [7, 11) is 0. The van der Waals surface area contributed by atoms with E-state index in [0.29, 0.717) is 0 Å². The number of aromatic nitrogens is 1. The van der Waals surface area contributed by atoms with Crippen LogP contribution in [-0.4, -0.2) is 29.9 Å². The predicted octanol–water partition coefficient (Wildman–Crippen LogP) is 1.03. The normalized spacial score (nSPS) is 10.1. The quantitative estimate of drug-likeness (QED) is 0.733. The van der Waals surface area contributed by atoms with Crippen molar-refractivity contribution in [1.29, 1.82) is 0 Å². The number of nitrogens with one attached hydrogen (secondary N) is 2. The fourth-order valence-corrected chi connectivity index (χ4v) is 2.41. The zero-order valence-corrected chi connectivity index (χ0v) is 14.9. The van der Waals surface area contributed by atoms with Gasteiger partial charge in [0.05, 0.1) is 24.3 Å². The first-order valence-corrected chi connectivity index (χ1v) is 6.80. The van der Waals surface area contributed by atoms with Crippen LogP contribution in [0.15, 0.2) is 0 Å². The van der Waals surface area contributed by atoms with E-state index in [2.05, 4.69) is 15.6 Å². The molecule has 0 saturated heterocycles. The van der Waals surface area contributed by atoms with E-state index >= 15 is 0 Å². The lowest BCUT2D eigenvalue weighted by Gasteiger charge is -2.23. The summed E-state index contributed by atoms with van der Waals surface area (Å²) in [5, 5.41) is 6.12. The first kappa shape index (κ1) is 22.4. The van der Waals surface area contributed by atoms with Crippen molar-refractivity contribution in [1.82, 2.24) is 15.6 Å². The third-order valence-electron chi connectivity index (χ3n) is 2.65. The molecule has 0 spiro atoms. The highest BCUT2D eigenvalue weighted by Crippen LogP contribution is 2.26. The summed E-state index contributed by atoms with van der Waals surface area (Å²) >= 11 is 1.56. The van der Waals surface area contributed by atoms with Gasteiger partial charge in [-0.3, -0.25) is 9.59 Å². The highest BCUT2D eigenvalue weighted by Gasteiger charge is 2.26. The van der Waals surface area contributed by atoms with Gasteiger partial charge in [-0.2, -0.15) is 0 Å². The van der Waals surface area contributed by atoms with E-state index in [1.165, 1.54) is 0 Å². The Balaban J connectivity index is 0. The number of hydrogen-bond donors (Lipinski definition) is 3. The summed E-state index contributed by atoms with van der Waals surface area (Å²) < 4.78 is 0. The van der Waals surface area contributed by atoms with Gasteiger partial charge in [0.15, 0.2) is 0 Å². The van der Waals surface area contributed by atoms with Gasteiger partial charge in [0.25, 0.3) is 0 Å². The zero-order valence-electron chi connectivity index (χ0n) is 12.5. The molecule has 0 saturated carbocycles. The summed E-state index contributed by atoms with van der Waals surface area (Å²) in [6, 6.07) is 0. The minimum Gasteiger partial charge on any atom is -0.346 e. The molecule has 0 radical (unpaired) electrons. The van der Waals surface area contributed by atoms with Gasteiger partial charge >= 0.3 is 0 Å². The van der Waals surface area contributed by atoms with E-state index in [9.17, 15) is 9.59 Å². The minimum atomic E-state index is -0.561. The Bertz CT molecular complexity index is 472. The Kier molecular flexibility index (Phi) is 9.80. The maximum Gasteiger partial charge on any atom is 0.240 e. The number of rotatable bonds is 5. The topological polar surface area (TPSA) is 97.1 Å². The van der Waals surface area contributed by atoms with Crippen molar-refractivity contribution < 1.29 is 9.59 Å². The van der Waals surface area contributed by atoms with Gasteiger partial charge in [-0.25, -0.2) is 4.98 Å². The Hall–Kier alpha value is -0.890. The summed E-state index contributed by atoms with van der Waals surface area (Å²) in [5.74, 6) is -0.619. The number of hydrogen-bond acceptors (Lipinski definition) is 5. The molecule has 4 N–H and O–H groups in total. The van der Waals surface area contributed by atoms with Crippen LogP contribution in [0.2, 0.25) is 0 Å². The SMILES string of the molecule is Cc1nc(C(C)(C)NC(=O)CNC(=O)CN)sc1C.Cl.Cl. The standard InChI is InChI=1S/C12H20N4O2S.2ClH/c1-7-8(2)19-11(15-7)12(3,4)16-10(18)6-14-9(17)5-13;;/h5-6,13H2,1-4H3,(H,14,17)(H,16,18);2*1H. The highest BCUT2D eigenvalue weighted by atomic mass is 35.5. The van der Waals surface area contributed by atoms with Gasteiger partial charge < -0.3 is 16.4 Å². The number of aryl methyl sites for hydroxylation is 2. The van der Waals surface area contributed by atoms with E-state index in [0.717, 1.165) is 15.6 Å². The van der Waals surface area contributed by atoms with Crippen molar-refractivity contribution in [3.63, 3.8) is 0 Å². The number of carbonyl (C=O) groups is 2. The maximum atomic E-state index is 11.8. The van der Waals surface area contributed by atoms with Crippen LogP contribution in [0.3, 0.4) is 0 Å². The highest BCUT2D eigenvalue weighted by molar-refractivity contribution is 7.11. The van der Waals surface area contributed by atoms with Crippen LogP contribution in [0.25, 0.3) is 0 Å². The Morgan fingerprint density at radius 2 is 1.81 bits per heavy atom. The first-order chi connectivity index (χ1) is 8.76. The molecular formula is C12H22Cl2N4O2S. The third-order valence-corrected chi connectivity index (χ3v) is 4.04. The van der Waals surface area contributed by atoms with Crippen molar-refractivity contribution in [3.8, 4) is 0 Å². The summed E-state index contributed by atoms with van der Waals surface area (Å²) in [4.78, 5) is 28.3. The van der Waals surface area contributed by atoms with Gasteiger partial charge in [0.2, 0.25) is 11.8 Å². The number of carbonyl (C=O) groups excluding carboxylic acids is 2. The van der Waals surface area contributed by atoms with E-state index < -0.39 is 5.54 Å².